The van der Waals surface area contributed by atoms with Crippen LogP contribution in [0.15, 0.2) is 126 Å². The van der Waals surface area contributed by atoms with Gasteiger partial charge in [-0.3, -0.25) is 41.7 Å². The lowest BCUT2D eigenvalue weighted by Gasteiger charge is -2.15. The van der Waals surface area contributed by atoms with E-state index < -0.39 is 141 Å². The van der Waals surface area contributed by atoms with E-state index in [1.54, 1.807) is 0 Å². The topological polar surface area (TPSA) is 401 Å². The molecule has 348 valence electrons. The van der Waals surface area contributed by atoms with Crippen molar-refractivity contribution in [3.63, 3.8) is 0 Å². The molecule has 0 atom stereocenters. The largest absolute Gasteiger partial charge is 0.321 e. The maximum atomic E-state index is 13.5. The molecule has 29 heteroatoms. The number of hydrogen-bond donors (Lipinski definition) is 8. The van der Waals surface area contributed by atoms with Crippen LogP contribution in [-0.2, 0) is 78.3 Å². The number of Topliss-reactive ketones (excluding diaryl/α,β-unsaturated/α-hetero) is 1. The molecular weight excluding hydrogens is 1000 g/mol. The second-order valence-electron chi connectivity index (χ2n) is 14.0. The number of fused-ring (bicyclic) bond motifs is 2. The molecular formula is C37H28N2O21S6. The van der Waals surface area contributed by atoms with E-state index in [1.807, 2.05) is 0 Å². The molecule has 0 saturated carbocycles. The average Bonchev–Trinajstić information content (AvgIpc) is 3.17. The van der Waals surface area contributed by atoms with Crippen LogP contribution in [0.1, 0.15) is 31.8 Å². The molecule has 0 fully saturated rings. The van der Waals surface area contributed by atoms with Crippen LogP contribution in [0.25, 0.3) is 21.5 Å². The zero-order valence-corrected chi connectivity index (χ0v) is 37.3. The summed E-state index contributed by atoms with van der Waals surface area (Å²) in [6.07, 6.45) is -0.685. The lowest BCUT2D eigenvalue weighted by Crippen LogP contribution is -2.15. The van der Waals surface area contributed by atoms with Crippen molar-refractivity contribution in [2.75, 3.05) is 10.6 Å². The van der Waals surface area contributed by atoms with Crippen LogP contribution in [0.4, 0.5) is 11.4 Å². The van der Waals surface area contributed by atoms with E-state index in [9.17, 15) is 92.2 Å². The summed E-state index contributed by atoms with van der Waals surface area (Å²) in [5.41, 5.74) is -0.908. The Morgan fingerprint density at radius 3 is 1.03 bits per heavy atom. The molecule has 0 saturated heterocycles. The molecule has 0 bridgehead atoms. The van der Waals surface area contributed by atoms with E-state index >= 15 is 0 Å². The second kappa shape index (κ2) is 17.3. The standard InChI is InChI=1S/C37H28N2O21S6/c40-23(13-19-3-1-5-21(11-19)36(41)38-28-7-9-30(63(49,50)51)26-15-24(61(43,44)45)17-32(34(26)28)65(55,56)57)14-20-4-2-6-22(12-20)37(42)39-29-8-10-31(64(52,53)54)27-16-25(62(46,47)48)18-33(35(27)29)66(58,59)60/h1-12,15-18H,13-14H2,(H,38,41)(H,39,42)(H,43,44,45)(H,46,47,48)(H,49,50,51)(H,52,53,54)(H,55,56,57)(H,58,59,60). The fourth-order valence-electron chi connectivity index (χ4n) is 6.70. The highest BCUT2D eigenvalue weighted by atomic mass is 32.2. The van der Waals surface area contributed by atoms with Gasteiger partial charge in [0, 0.05) is 45.5 Å². The lowest BCUT2D eigenvalue weighted by atomic mass is 9.99. The van der Waals surface area contributed by atoms with Crippen LogP contribution in [-0.4, -0.2) is 95.4 Å². The Balaban J connectivity index is 1.26. The summed E-state index contributed by atoms with van der Waals surface area (Å²) in [6, 6.07) is 15.1. The van der Waals surface area contributed by atoms with Gasteiger partial charge in [-0.2, -0.15) is 50.5 Å². The van der Waals surface area contributed by atoms with Gasteiger partial charge in [-0.25, -0.2) is 0 Å². The minimum Gasteiger partial charge on any atom is -0.321 e. The van der Waals surface area contributed by atoms with Crippen LogP contribution in [0, 0.1) is 0 Å². The third-order valence-corrected chi connectivity index (χ3v) is 14.7. The van der Waals surface area contributed by atoms with E-state index in [2.05, 4.69) is 10.6 Å². The second-order valence-corrected chi connectivity index (χ2v) is 22.4. The molecule has 6 aromatic rings. The van der Waals surface area contributed by atoms with Crippen molar-refractivity contribution in [3.05, 3.63) is 119 Å². The molecule has 6 rings (SSSR count). The summed E-state index contributed by atoms with van der Waals surface area (Å²) in [4.78, 5) is 33.2. The molecule has 0 aliphatic rings. The highest BCUT2D eigenvalue weighted by Gasteiger charge is 2.29. The quantitative estimate of drug-likeness (QED) is 0.0725. The Bertz CT molecular complexity index is 3570. The normalized spacial score (nSPS) is 12.8. The van der Waals surface area contributed by atoms with Crippen LogP contribution in [0.3, 0.4) is 0 Å². The molecule has 0 spiro atoms. The SMILES string of the molecule is O=C(Cc1cccc(C(=O)Nc2ccc(S(=O)(=O)O)c3cc(S(=O)(=O)O)cc(S(=O)(=O)O)c23)c1)Cc1cccc(C(=O)Nc2ccc(S(=O)(=O)O)c3cc(S(=O)(=O)O)cc(S(=O)(=O)O)c23)c1. The van der Waals surface area contributed by atoms with Gasteiger partial charge in [0.1, 0.15) is 25.4 Å². The highest BCUT2D eigenvalue weighted by molar-refractivity contribution is 7.88. The first-order valence-electron chi connectivity index (χ1n) is 17.6. The van der Waals surface area contributed by atoms with Crippen molar-refractivity contribution in [2.24, 2.45) is 0 Å². The molecule has 0 unspecified atom stereocenters. The van der Waals surface area contributed by atoms with Crippen molar-refractivity contribution in [2.45, 2.75) is 42.2 Å². The predicted molar refractivity (Wildman–Crippen MR) is 228 cm³/mol. The van der Waals surface area contributed by atoms with Crippen LogP contribution >= 0.6 is 0 Å². The summed E-state index contributed by atoms with van der Waals surface area (Å²) >= 11 is 0. The van der Waals surface area contributed by atoms with Gasteiger partial charge in [0.15, 0.2) is 0 Å². The third kappa shape index (κ3) is 10.8. The molecule has 0 aromatic heterocycles. The van der Waals surface area contributed by atoms with Gasteiger partial charge < -0.3 is 10.6 Å². The van der Waals surface area contributed by atoms with Gasteiger partial charge >= 0.3 is 0 Å². The van der Waals surface area contributed by atoms with Gasteiger partial charge in [-0.05, 0) is 83.9 Å². The van der Waals surface area contributed by atoms with E-state index in [4.69, 9.17) is 0 Å². The summed E-state index contributed by atoms with van der Waals surface area (Å²) in [7, 11) is -31.8. The summed E-state index contributed by atoms with van der Waals surface area (Å²) in [6.45, 7) is 0. The highest BCUT2D eigenvalue weighted by Crippen LogP contribution is 2.39. The number of carbonyl (C=O) groups excluding carboxylic acids is 3. The zero-order valence-electron chi connectivity index (χ0n) is 32.4. The number of hydrogen-bond acceptors (Lipinski definition) is 15. The smallest absolute Gasteiger partial charge is 0.295 e. The minimum atomic E-state index is -5.43. The molecule has 0 aliphatic heterocycles. The van der Waals surface area contributed by atoms with Crippen LogP contribution in [0.5, 0.6) is 0 Å². The number of carbonyl (C=O) groups is 3. The van der Waals surface area contributed by atoms with Gasteiger partial charge in [0.05, 0.1) is 21.2 Å². The lowest BCUT2D eigenvalue weighted by molar-refractivity contribution is -0.117. The Kier molecular flexibility index (Phi) is 12.9. The number of nitrogens with one attached hydrogen (secondary N) is 2. The number of rotatable bonds is 14. The fourth-order valence-corrected chi connectivity index (χ4v) is 10.8. The minimum absolute atomic E-state index is 0.169. The van der Waals surface area contributed by atoms with E-state index in [0.29, 0.717) is 24.3 Å². The van der Waals surface area contributed by atoms with Crippen molar-refractivity contribution in [1.82, 2.24) is 0 Å². The number of ketones is 1. The van der Waals surface area contributed by atoms with E-state index in [1.165, 1.54) is 48.5 Å². The average molecular weight is 1030 g/mol. The van der Waals surface area contributed by atoms with Crippen molar-refractivity contribution in [1.29, 1.82) is 0 Å². The summed E-state index contributed by atoms with van der Waals surface area (Å²) in [5.74, 6) is -2.51. The first-order chi connectivity index (χ1) is 30.2. The molecule has 23 nitrogen and oxygen atoms in total. The van der Waals surface area contributed by atoms with Gasteiger partial charge in [0.2, 0.25) is 0 Å². The molecule has 0 heterocycles. The zero-order chi connectivity index (χ0) is 49.1. The number of anilines is 2. The van der Waals surface area contributed by atoms with Gasteiger partial charge in [-0.1, -0.05) is 24.3 Å². The third-order valence-electron chi connectivity index (χ3n) is 9.41. The van der Waals surface area contributed by atoms with E-state index in [0.717, 1.165) is 12.1 Å². The first kappa shape index (κ1) is 49.3. The van der Waals surface area contributed by atoms with Crippen molar-refractivity contribution >= 4 is 111 Å². The van der Waals surface area contributed by atoms with Crippen molar-refractivity contribution in [3.8, 4) is 0 Å². The molecule has 66 heavy (non-hydrogen) atoms. The van der Waals surface area contributed by atoms with Gasteiger partial charge in [0.25, 0.3) is 72.5 Å². The van der Waals surface area contributed by atoms with Crippen LogP contribution < -0.4 is 10.6 Å². The Hall–Kier alpha value is -6.09. The number of amides is 2. The van der Waals surface area contributed by atoms with Crippen LogP contribution in [0.2, 0.25) is 0 Å². The van der Waals surface area contributed by atoms with Gasteiger partial charge in [-0.15, -0.1) is 0 Å². The first-order valence-corrected chi connectivity index (χ1v) is 26.3. The molecule has 8 N–H and O–H groups in total. The Morgan fingerprint density at radius 2 is 0.727 bits per heavy atom. The summed E-state index contributed by atoms with van der Waals surface area (Å²) < 4.78 is 204. The number of benzene rings is 6. The molecule has 0 aliphatic carbocycles. The predicted octanol–water partition coefficient (Wildman–Crippen LogP) is 3.33. The molecule has 2 amide bonds. The Labute approximate surface area is 373 Å². The van der Waals surface area contributed by atoms with Crippen molar-refractivity contribution < 1.29 is 92.2 Å². The molecule has 6 aromatic carbocycles. The summed E-state index contributed by atoms with van der Waals surface area (Å²) in [5, 5.41) is 1.36. The molecule has 0 radical (unpaired) electrons. The van der Waals surface area contributed by atoms with E-state index in [-0.39, 0.29) is 47.2 Å². The maximum Gasteiger partial charge on any atom is 0.295 e. The fraction of sp³-hybridized carbons (Fsp3) is 0.0541. The maximum absolute atomic E-state index is 13.5. The monoisotopic (exact) mass is 1030 g/mol. The Morgan fingerprint density at radius 1 is 0.394 bits per heavy atom.